The van der Waals surface area contributed by atoms with Gasteiger partial charge in [-0.2, -0.15) is 0 Å². The molecule has 1 unspecified atom stereocenters. The van der Waals surface area contributed by atoms with Crippen LogP contribution in [0.5, 0.6) is 0 Å². The zero-order chi connectivity index (χ0) is 19.4. The van der Waals surface area contributed by atoms with Crippen molar-refractivity contribution < 1.29 is 0 Å². The average Bonchev–Trinajstić information content (AvgIpc) is 3.31. The van der Waals surface area contributed by atoms with Crippen molar-refractivity contribution in [2.24, 2.45) is 4.99 Å². The van der Waals surface area contributed by atoms with E-state index in [1.807, 2.05) is 0 Å². The predicted octanol–water partition coefficient (Wildman–Crippen LogP) is 6.76. The van der Waals surface area contributed by atoms with E-state index >= 15 is 0 Å². The van der Waals surface area contributed by atoms with Crippen LogP contribution in [0.4, 0.5) is 5.69 Å². The molecule has 0 amide bonds. The second-order valence-corrected chi connectivity index (χ2v) is 7.87. The Morgan fingerprint density at radius 3 is 2.17 bits per heavy atom. The molecular formula is C27H20N2. The van der Waals surface area contributed by atoms with Crippen molar-refractivity contribution in [2.45, 2.75) is 12.3 Å². The van der Waals surface area contributed by atoms with E-state index in [1.54, 1.807) is 0 Å². The Morgan fingerprint density at radius 2 is 1.38 bits per heavy atom. The Kier molecular flexibility index (Phi) is 3.33. The molecule has 0 aliphatic carbocycles. The zero-order valence-corrected chi connectivity index (χ0v) is 16.2. The molecule has 5 aromatic rings. The highest BCUT2D eigenvalue weighted by atomic mass is 14.8. The number of benzene rings is 4. The van der Waals surface area contributed by atoms with Crippen LogP contribution < -0.4 is 0 Å². The first-order chi connectivity index (χ1) is 14.3. The lowest BCUT2D eigenvalue weighted by atomic mass is 9.71. The number of nitrogens with zero attached hydrogens (tertiary/aromatic N) is 1. The summed E-state index contributed by atoms with van der Waals surface area (Å²) in [4.78, 5) is 8.86. The Bertz CT molecular complexity index is 1390. The maximum Gasteiger partial charge on any atom is 0.0778 e. The van der Waals surface area contributed by atoms with E-state index in [-0.39, 0.29) is 5.41 Å². The fraction of sp³-hybridized carbons (Fsp3) is 0.0741. The number of aliphatic imine (C=N–C) groups is 1. The molecule has 1 atom stereocenters. The van der Waals surface area contributed by atoms with Crippen molar-refractivity contribution in [3.63, 3.8) is 0 Å². The van der Waals surface area contributed by atoms with Gasteiger partial charge in [-0.05, 0) is 35.7 Å². The van der Waals surface area contributed by atoms with E-state index in [2.05, 4.69) is 109 Å². The highest BCUT2D eigenvalue weighted by Gasteiger charge is 2.42. The van der Waals surface area contributed by atoms with Crippen molar-refractivity contribution in [3.8, 4) is 0 Å². The van der Waals surface area contributed by atoms with Gasteiger partial charge >= 0.3 is 0 Å². The molecule has 0 spiro atoms. The average molecular weight is 372 g/mol. The fourth-order valence-electron chi connectivity index (χ4n) is 4.81. The van der Waals surface area contributed by atoms with Crippen LogP contribution in [-0.2, 0) is 5.41 Å². The van der Waals surface area contributed by atoms with Crippen LogP contribution in [0.25, 0.3) is 21.8 Å². The van der Waals surface area contributed by atoms with E-state index in [0.29, 0.717) is 0 Å². The first kappa shape index (κ1) is 16.3. The Balaban J connectivity index is 1.74. The topological polar surface area (TPSA) is 28.1 Å². The minimum atomic E-state index is -0.301. The molecule has 1 aliphatic rings. The van der Waals surface area contributed by atoms with Gasteiger partial charge in [0.25, 0.3) is 0 Å². The summed E-state index contributed by atoms with van der Waals surface area (Å²) in [5.74, 6) is 0. The van der Waals surface area contributed by atoms with Crippen LogP contribution in [0.1, 0.15) is 23.6 Å². The molecule has 2 nitrogen and oxygen atoms in total. The van der Waals surface area contributed by atoms with Crippen LogP contribution in [0.2, 0.25) is 0 Å². The van der Waals surface area contributed by atoms with E-state index < -0.39 is 0 Å². The molecule has 1 N–H and O–H groups in total. The molecule has 2 heteroatoms. The van der Waals surface area contributed by atoms with E-state index in [4.69, 9.17) is 4.99 Å². The Labute approximate surface area is 169 Å². The Morgan fingerprint density at radius 1 is 0.690 bits per heavy atom. The molecule has 29 heavy (non-hydrogen) atoms. The Hall–Kier alpha value is -3.65. The number of rotatable bonds is 2. The standard InChI is InChI=1S/C27H20N2/c1-27(19-12-6-3-7-13-19)21-16-17-23-24(20-14-8-9-15-22(20)28-23)25(21)29-26(27)18-10-4-2-5-11-18/h2-17,28H,1H3. The normalized spacial score (nSPS) is 18.2. The van der Waals surface area contributed by atoms with Gasteiger partial charge in [0.2, 0.25) is 0 Å². The first-order valence-corrected chi connectivity index (χ1v) is 10.0. The summed E-state index contributed by atoms with van der Waals surface area (Å²) < 4.78 is 0. The summed E-state index contributed by atoms with van der Waals surface area (Å²) in [7, 11) is 0. The molecule has 0 saturated heterocycles. The minimum Gasteiger partial charge on any atom is -0.354 e. The van der Waals surface area contributed by atoms with Crippen molar-refractivity contribution in [2.75, 3.05) is 0 Å². The quantitative estimate of drug-likeness (QED) is 0.354. The number of hydrogen-bond acceptors (Lipinski definition) is 1. The molecule has 138 valence electrons. The number of hydrogen-bond donors (Lipinski definition) is 1. The molecule has 0 fully saturated rings. The summed E-state index contributed by atoms with van der Waals surface area (Å²) in [6, 6.07) is 34.3. The molecule has 2 heterocycles. The smallest absolute Gasteiger partial charge is 0.0778 e. The third-order valence-corrected chi connectivity index (χ3v) is 6.28. The zero-order valence-electron chi connectivity index (χ0n) is 16.2. The number of para-hydroxylation sites is 1. The summed E-state index contributed by atoms with van der Waals surface area (Å²) >= 11 is 0. The van der Waals surface area contributed by atoms with Gasteiger partial charge in [0, 0.05) is 21.8 Å². The van der Waals surface area contributed by atoms with Gasteiger partial charge in [-0.3, -0.25) is 4.99 Å². The summed E-state index contributed by atoms with van der Waals surface area (Å²) in [5.41, 5.74) is 7.88. The van der Waals surface area contributed by atoms with Crippen molar-refractivity contribution >= 4 is 33.2 Å². The number of fused-ring (bicyclic) bond motifs is 5. The lowest BCUT2D eigenvalue weighted by Crippen LogP contribution is -2.31. The van der Waals surface area contributed by atoms with Gasteiger partial charge in [0.1, 0.15) is 0 Å². The second-order valence-electron chi connectivity index (χ2n) is 7.87. The summed E-state index contributed by atoms with van der Waals surface area (Å²) in [5, 5.41) is 2.44. The summed E-state index contributed by atoms with van der Waals surface area (Å²) in [6.07, 6.45) is 0. The summed E-state index contributed by atoms with van der Waals surface area (Å²) in [6.45, 7) is 2.31. The molecule has 0 saturated carbocycles. The third kappa shape index (κ3) is 2.20. The van der Waals surface area contributed by atoms with Crippen LogP contribution >= 0.6 is 0 Å². The lowest BCUT2D eigenvalue weighted by Gasteiger charge is -2.29. The van der Waals surface area contributed by atoms with Gasteiger partial charge in [0.15, 0.2) is 0 Å². The monoisotopic (exact) mass is 372 g/mol. The van der Waals surface area contributed by atoms with Gasteiger partial charge in [-0.15, -0.1) is 0 Å². The van der Waals surface area contributed by atoms with Crippen molar-refractivity contribution in [3.05, 3.63) is 114 Å². The minimum absolute atomic E-state index is 0.301. The maximum absolute atomic E-state index is 5.30. The van der Waals surface area contributed by atoms with Crippen LogP contribution in [0.15, 0.2) is 102 Å². The highest BCUT2D eigenvalue weighted by molar-refractivity contribution is 6.21. The molecule has 1 aliphatic heterocycles. The second kappa shape index (κ2) is 5.92. The maximum atomic E-state index is 5.30. The van der Waals surface area contributed by atoms with E-state index in [9.17, 15) is 0 Å². The molecule has 6 rings (SSSR count). The fourth-order valence-corrected chi connectivity index (χ4v) is 4.81. The largest absolute Gasteiger partial charge is 0.354 e. The molecule has 1 aromatic heterocycles. The van der Waals surface area contributed by atoms with Crippen LogP contribution in [0, 0.1) is 0 Å². The van der Waals surface area contributed by atoms with Crippen molar-refractivity contribution in [1.29, 1.82) is 0 Å². The molecule has 0 radical (unpaired) electrons. The predicted molar refractivity (Wildman–Crippen MR) is 121 cm³/mol. The van der Waals surface area contributed by atoms with E-state index in [0.717, 1.165) is 22.4 Å². The number of aromatic nitrogens is 1. The highest BCUT2D eigenvalue weighted by Crippen LogP contribution is 2.50. The van der Waals surface area contributed by atoms with Crippen molar-refractivity contribution in [1.82, 2.24) is 4.98 Å². The van der Waals surface area contributed by atoms with Gasteiger partial charge in [-0.1, -0.05) is 84.9 Å². The first-order valence-electron chi connectivity index (χ1n) is 10.0. The molecule has 4 aromatic carbocycles. The van der Waals surface area contributed by atoms with Crippen LogP contribution in [-0.4, -0.2) is 10.7 Å². The SMILES string of the molecule is CC1(c2ccccc2)C(c2ccccc2)=Nc2c1ccc1[nH]c3ccccc3c21. The third-order valence-electron chi connectivity index (χ3n) is 6.28. The van der Waals surface area contributed by atoms with Gasteiger partial charge in [0.05, 0.1) is 16.8 Å². The van der Waals surface area contributed by atoms with Gasteiger partial charge in [-0.25, -0.2) is 0 Å². The lowest BCUT2D eigenvalue weighted by molar-refractivity contribution is 0.794. The molecule has 0 bridgehead atoms. The number of H-pyrrole nitrogens is 1. The number of nitrogens with one attached hydrogen (secondary N) is 1. The van der Waals surface area contributed by atoms with Crippen LogP contribution in [0.3, 0.4) is 0 Å². The van der Waals surface area contributed by atoms with Gasteiger partial charge < -0.3 is 4.98 Å². The number of aromatic amines is 1. The molecular weight excluding hydrogens is 352 g/mol. The van der Waals surface area contributed by atoms with E-state index in [1.165, 1.54) is 27.5 Å².